The van der Waals surface area contributed by atoms with E-state index >= 15 is 0 Å². The lowest BCUT2D eigenvalue weighted by Crippen LogP contribution is -2.53. The molecule has 0 aromatic heterocycles. The Morgan fingerprint density at radius 2 is 2.05 bits per heavy atom. The molecule has 1 amide bonds. The molecule has 0 aliphatic carbocycles. The van der Waals surface area contributed by atoms with Crippen molar-refractivity contribution in [3.05, 3.63) is 0 Å². The van der Waals surface area contributed by atoms with Crippen molar-refractivity contribution in [3.8, 4) is 0 Å². The first kappa shape index (κ1) is 17.3. The van der Waals surface area contributed by atoms with Gasteiger partial charge < -0.3 is 15.4 Å². The zero-order valence-corrected chi connectivity index (χ0v) is 13.6. The lowest BCUT2D eigenvalue weighted by molar-refractivity contribution is -0.152. The van der Waals surface area contributed by atoms with Crippen LogP contribution in [0.1, 0.15) is 34.1 Å². The number of esters is 1. The standard InChI is InChI=1S/C14H26N2O3S/c1-9(2)7-11(14(18)19-10(3)4)16-13(17)12-8-20-6-5-15-12/h9-12,15H,5-8H2,1-4H3,(H,16,17)/t11-,12?/m0/s1. The maximum absolute atomic E-state index is 12.2. The Morgan fingerprint density at radius 1 is 1.35 bits per heavy atom. The van der Waals surface area contributed by atoms with E-state index in [1.165, 1.54) is 0 Å². The molecule has 1 fully saturated rings. The molecule has 0 saturated carbocycles. The maximum Gasteiger partial charge on any atom is 0.328 e. The van der Waals surface area contributed by atoms with Crippen LogP contribution in [0.2, 0.25) is 0 Å². The molecule has 2 N–H and O–H groups in total. The van der Waals surface area contributed by atoms with Crippen molar-refractivity contribution in [2.45, 2.75) is 52.3 Å². The first-order chi connectivity index (χ1) is 9.40. The summed E-state index contributed by atoms with van der Waals surface area (Å²) in [5.74, 6) is 1.64. The van der Waals surface area contributed by atoms with Crippen LogP contribution in [0.15, 0.2) is 0 Å². The fourth-order valence-electron chi connectivity index (χ4n) is 2.01. The van der Waals surface area contributed by atoms with E-state index in [2.05, 4.69) is 10.6 Å². The van der Waals surface area contributed by atoms with Crippen LogP contribution in [0.3, 0.4) is 0 Å². The van der Waals surface area contributed by atoms with Crippen LogP contribution in [0.5, 0.6) is 0 Å². The van der Waals surface area contributed by atoms with Crippen LogP contribution < -0.4 is 10.6 Å². The Kier molecular flexibility index (Phi) is 7.37. The average molecular weight is 302 g/mol. The smallest absolute Gasteiger partial charge is 0.328 e. The van der Waals surface area contributed by atoms with Crippen molar-refractivity contribution in [3.63, 3.8) is 0 Å². The summed E-state index contributed by atoms with van der Waals surface area (Å²) in [7, 11) is 0. The van der Waals surface area contributed by atoms with Crippen molar-refractivity contribution in [2.75, 3.05) is 18.1 Å². The minimum absolute atomic E-state index is 0.108. The number of carbonyl (C=O) groups is 2. The minimum Gasteiger partial charge on any atom is -0.461 e. The van der Waals surface area contributed by atoms with Crippen molar-refractivity contribution in [2.24, 2.45) is 5.92 Å². The van der Waals surface area contributed by atoms with Gasteiger partial charge in [0.1, 0.15) is 6.04 Å². The highest BCUT2D eigenvalue weighted by Gasteiger charge is 2.28. The van der Waals surface area contributed by atoms with Gasteiger partial charge in [0.25, 0.3) is 0 Å². The van der Waals surface area contributed by atoms with Crippen LogP contribution in [0, 0.1) is 5.92 Å². The Labute approximate surface area is 125 Å². The zero-order valence-electron chi connectivity index (χ0n) is 12.8. The molecule has 20 heavy (non-hydrogen) atoms. The topological polar surface area (TPSA) is 67.4 Å². The summed E-state index contributed by atoms with van der Waals surface area (Å²) in [4.78, 5) is 24.2. The van der Waals surface area contributed by atoms with Gasteiger partial charge in [-0.25, -0.2) is 4.79 Å². The highest BCUT2D eigenvalue weighted by atomic mass is 32.2. The van der Waals surface area contributed by atoms with E-state index in [1.54, 1.807) is 11.8 Å². The highest BCUT2D eigenvalue weighted by molar-refractivity contribution is 7.99. The summed E-state index contributed by atoms with van der Waals surface area (Å²) in [6.07, 6.45) is 0.425. The molecule has 1 aliphatic heterocycles. The predicted octanol–water partition coefficient (Wildman–Crippen LogP) is 1.17. The third-order valence-electron chi connectivity index (χ3n) is 2.90. The monoisotopic (exact) mass is 302 g/mol. The number of hydrogen-bond acceptors (Lipinski definition) is 5. The fourth-order valence-corrected chi connectivity index (χ4v) is 2.94. The summed E-state index contributed by atoms with van der Waals surface area (Å²) >= 11 is 1.75. The van der Waals surface area contributed by atoms with E-state index in [9.17, 15) is 9.59 Å². The van der Waals surface area contributed by atoms with E-state index in [0.717, 1.165) is 18.1 Å². The largest absolute Gasteiger partial charge is 0.461 e. The molecule has 1 aliphatic rings. The Bertz CT molecular complexity index is 328. The van der Waals surface area contributed by atoms with Crippen LogP contribution in [0.4, 0.5) is 0 Å². The van der Waals surface area contributed by atoms with Gasteiger partial charge in [0, 0.05) is 18.1 Å². The van der Waals surface area contributed by atoms with E-state index in [4.69, 9.17) is 4.74 Å². The van der Waals surface area contributed by atoms with Gasteiger partial charge in [-0.2, -0.15) is 11.8 Å². The summed E-state index contributed by atoms with van der Waals surface area (Å²) in [5.41, 5.74) is 0. The number of carbonyl (C=O) groups excluding carboxylic acids is 2. The first-order valence-electron chi connectivity index (χ1n) is 7.22. The molecule has 1 rings (SSSR count). The lowest BCUT2D eigenvalue weighted by atomic mass is 10.0. The van der Waals surface area contributed by atoms with Crippen LogP contribution in [-0.2, 0) is 14.3 Å². The van der Waals surface area contributed by atoms with Crippen molar-refractivity contribution in [1.29, 1.82) is 0 Å². The highest BCUT2D eigenvalue weighted by Crippen LogP contribution is 2.11. The van der Waals surface area contributed by atoms with E-state index < -0.39 is 6.04 Å². The van der Waals surface area contributed by atoms with Gasteiger partial charge in [0.15, 0.2) is 0 Å². The molecule has 0 aromatic carbocycles. The van der Waals surface area contributed by atoms with Gasteiger partial charge in [-0.1, -0.05) is 13.8 Å². The number of nitrogens with one attached hydrogen (secondary N) is 2. The average Bonchev–Trinajstić information content (AvgIpc) is 2.37. The molecule has 116 valence electrons. The molecule has 0 bridgehead atoms. The number of rotatable bonds is 6. The van der Waals surface area contributed by atoms with Gasteiger partial charge >= 0.3 is 5.97 Å². The molecule has 1 saturated heterocycles. The number of ether oxygens (including phenoxy) is 1. The normalized spacial score (nSPS) is 20.8. The number of hydrogen-bond donors (Lipinski definition) is 2. The third-order valence-corrected chi connectivity index (χ3v) is 3.96. The van der Waals surface area contributed by atoms with E-state index in [-0.39, 0.29) is 24.0 Å². The number of thioether (sulfide) groups is 1. The Balaban J connectivity index is 2.58. The van der Waals surface area contributed by atoms with Crippen molar-refractivity contribution < 1.29 is 14.3 Å². The summed E-state index contributed by atoms with van der Waals surface area (Å²) in [6, 6.07) is -0.770. The van der Waals surface area contributed by atoms with Crippen LogP contribution in [-0.4, -0.2) is 48.1 Å². The van der Waals surface area contributed by atoms with Crippen LogP contribution >= 0.6 is 11.8 Å². The molecule has 0 aromatic rings. The Hall–Kier alpha value is -0.750. The zero-order chi connectivity index (χ0) is 15.1. The second-order valence-corrected chi connectivity index (χ2v) is 6.91. The molecule has 0 radical (unpaired) electrons. The van der Waals surface area contributed by atoms with Gasteiger partial charge in [-0.3, -0.25) is 4.79 Å². The SMILES string of the molecule is CC(C)C[C@H](NC(=O)C1CSCCN1)C(=O)OC(C)C. The first-order valence-corrected chi connectivity index (χ1v) is 8.37. The molecule has 0 spiro atoms. The number of amides is 1. The molecule has 1 unspecified atom stereocenters. The summed E-state index contributed by atoms with van der Waals surface area (Å²) in [5, 5.41) is 6.01. The Morgan fingerprint density at radius 3 is 2.55 bits per heavy atom. The van der Waals surface area contributed by atoms with Gasteiger partial charge in [0.05, 0.1) is 12.1 Å². The molecular weight excluding hydrogens is 276 g/mol. The quantitative estimate of drug-likeness (QED) is 0.721. The second-order valence-electron chi connectivity index (χ2n) is 5.76. The molecular formula is C14H26N2O3S. The van der Waals surface area contributed by atoms with Crippen molar-refractivity contribution in [1.82, 2.24) is 10.6 Å². The molecule has 1 heterocycles. The van der Waals surface area contributed by atoms with Gasteiger partial charge in [-0.15, -0.1) is 0 Å². The lowest BCUT2D eigenvalue weighted by Gasteiger charge is -2.26. The molecule has 5 nitrogen and oxygen atoms in total. The minimum atomic E-state index is -0.557. The molecule has 2 atom stereocenters. The second kappa shape index (κ2) is 8.52. The van der Waals surface area contributed by atoms with Crippen molar-refractivity contribution >= 4 is 23.6 Å². The molecule has 6 heteroatoms. The third kappa shape index (κ3) is 6.13. The fraction of sp³-hybridized carbons (Fsp3) is 0.857. The maximum atomic E-state index is 12.2. The predicted molar refractivity (Wildman–Crippen MR) is 81.7 cm³/mol. The van der Waals surface area contributed by atoms with E-state index in [1.807, 2.05) is 27.7 Å². The summed E-state index contributed by atoms with van der Waals surface area (Å²) < 4.78 is 5.22. The van der Waals surface area contributed by atoms with Crippen LogP contribution in [0.25, 0.3) is 0 Å². The van der Waals surface area contributed by atoms with Gasteiger partial charge in [0.2, 0.25) is 5.91 Å². The van der Waals surface area contributed by atoms with Gasteiger partial charge in [-0.05, 0) is 26.2 Å². The summed E-state index contributed by atoms with van der Waals surface area (Å²) in [6.45, 7) is 8.50. The van der Waals surface area contributed by atoms with E-state index in [0.29, 0.717) is 12.3 Å².